The fourth-order valence-corrected chi connectivity index (χ4v) is 3.29. The number of benzene rings is 1. The van der Waals surface area contributed by atoms with E-state index in [1.54, 1.807) is 4.72 Å². The Morgan fingerprint density at radius 2 is 1.93 bits per heavy atom. The average molecular weight is 449 g/mol. The van der Waals surface area contributed by atoms with Crippen LogP contribution in [0, 0.1) is 0 Å². The number of hydrogen-bond acceptors (Lipinski definition) is 8. The Labute approximate surface area is 170 Å². The van der Waals surface area contributed by atoms with Crippen molar-refractivity contribution in [3.05, 3.63) is 41.0 Å². The molecule has 0 saturated carbocycles. The maximum absolute atomic E-state index is 12.5. The molecular weight excluding hydrogens is 435 g/mol. The van der Waals surface area contributed by atoms with E-state index in [2.05, 4.69) is 15.3 Å². The fourth-order valence-electron chi connectivity index (χ4n) is 1.94. The van der Waals surface area contributed by atoms with Crippen LogP contribution >= 0.6 is 23.2 Å². The Morgan fingerprint density at radius 3 is 2.61 bits per heavy atom. The van der Waals surface area contributed by atoms with Crippen LogP contribution in [0.1, 0.15) is 10.4 Å². The second-order valence-electron chi connectivity index (χ2n) is 4.94. The molecule has 0 aliphatic rings. The van der Waals surface area contributed by atoms with Gasteiger partial charge >= 0.3 is 12.0 Å². The lowest BCUT2D eigenvalue weighted by Crippen LogP contribution is -2.35. The van der Waals surface area contributed by atoms with Gasteiger partial charge < -0.3 is 9.47 Å². The number of urea groups is 1. The molecule has 1 aromatic carbocycles. The van der Waals surface area contributed by atoms with Gasteiger partial charge in [-0.3, -0.25) is 5.32 Å². The molecule has 0 aliphatic carbocycles. The van der Waals surface area contributed by atoms with Gasteiger partial charge in [-0.25, -0.2) is 27.7 Å². The number of rotatable bonds is 7. The fraction of sp³-hybridized carbons (Fsp3) is 0.200. The minimum atomic E-state index is -4.42. The summed E-state index contributed by atoms with van der Waals surface area (Å²) in [6, 6.07) is 5.34. The lowest BCUT2D eigenvalue weighted by Gasteiger charge is -2.11. The summed E-state index contributed by atoms with van der Waals surface area (Å²) in [6.45, 7) is -0.101. The number of anilines is 1. The number of methoxy groups -OCH3 is 1. The number of carbonyl (C=O) groups is 2. The van der Waals surface area contributed by atoms with Gasteiger partial charge in [0.05, 0.1) is 18.6 Å². The van der Waals surface area contributed by atoms with Crippen molar-refractivity contribution in [3.63, 3.8) is 0 Å². The van der Waals surface area contributed by atoms with E-state index < -0.39 is 26.9 Å². The standard InChI is InChI=1S/C15H14Cl2N4O6S/c1-26-12-8-11(17)18-14(19-12)20-15(23)21-28(24,25)10-5-3-2-4-9(10)13(22)27-7-6-16/h2-5,8H,6-7H2,1H3,(H2,18,19,20,21,23). The first-order valence-corrected chi connectivity index (χ1v) is 9.91. The molecule has 1 heterocycles. The van der Waals surface area contributed by atoms with Gasteiger partial charge in [0.2, 0.25) is 11.8 Å². The van der Waals surface area contributed by atoms with E-state index in [4.69, 9.17) is 32.7 Å². The predicted octanol–water partition coefficient (Wildman–Crippen LogP) is 2.04. The number of esters is 1. The van der Waals surface area contributed by atoms with Gasteiger partial charge in [0, 0.05) is 6.07 Å². The summed E-state index contributed by atoms with van der Waals surface area (Å²) in [5, 5.41) is 2.09. The Morgan fingerprint density at radius 1 is 1.21 bits per heavy atom. The third-order valence-corrected chi connectivity index (χ3v) is 4.78. The van der Waals surface area contributed by atoms with E-state index in [-0.39, 0.29) is 35.0 Å². The SMILES string of the molecule is COc1cc(Cl)nc(NC(=O)NS(=O)(=O)c2ccccc2C(=O)OCCCl)n1. The maximum atomic E-state index is 12.5. The predicted molar refractivity (Wildman–Crippen MR) is 100 cm³/mol. The molecule has 0 saturated heterocycles. The molecule has 28 heavy (non-hydrogen) atoms. The maximum Gasteiger partial charge on any atom is 0.339 e. The molecule has 1 aromatic heterocycles. The molecule has 2 rings (SSSR count). The third-order valence-electron chi connectivity index (χ3n) is 3.04. The Balaban J connectivity index is 2.21. The van der Waals surface area contributed by atoms with Crippen LogP contribution in [0.3, 0.4) is 0 Å². The van der Waals surface area contributed by atoms with Crippen LogP contribution < -0.4 is 14.8 Å². The summed E-state index contributed by atoms with van der Waals surface area (Å²) in [4.78, 5) is 31.2. The van der Waals surface area contributed by atoms with Crippen molar-refractivity contribution in [2.24, 2.45) is 0 Å². The molecule has 0 radical (unpaired) electrons. The highest BCUT2D eigenvalue weighted by Crippen LogP contribution is 2.18. The zero-order valence-corrected chi connectivity index (χ0v) is 16.6. The lowest BCUT2D eigenvalue weighted by atomic mass is 10.2. The zero-order chi connectivity index (χ0) is 20.7. The highest BCUT2D eigenvalue weighted by molar-refractivity contribution is 7.90. The number of nitrogens with one attached hydrogen (secondary N) is 2. The van der Waals surface area contributed by atoms with Crippen molar-refractivity contribution >= 4 is 51.2 Å². The smallest absolute Gasteiger partial charge is 0.339 e. The van der Waals surface area contributed by atoms with Crippen molar-refractivity contribution in [1.82, 2.24) is 14.7 Å². The normalized spacial score (nSPS) is 10.8. The summed E-state index contributed by atoms with van der Waals surface area (Å²) in [5.41, 5.74) is -0.256. The van der Waals surface area contributed by atoms with E-state index in [0.717, 1.165) is 6.07 Å². The van der Waals surface area contributed by atoms with Gasteiger partial charge in [0.25, 0.3) is 10.0 Å². The van der Waals surface area contributed by atoms with E-state index in [1.807, 2.05) is 0 Å². The third kappa shape index (κ3) is 5.68. The molecule has 0 unspecified atom stereocenters. The molecule has 10 nitrogen and oxygen atoms in total. The number of sulfonamides is 1. The first-order chi connectivity index (χ1) is 13.3. The summed E-state index contributed by atoms with van der Waals surface area (Å²) < 4.78 is 36.5. The zero-order valence-electron chi connectivity index (χ0n) is 14.3. The molecule has 2 amide bonds. The summed E-state index contributed by atoms with van der Waals surface area (Å²) in [6.07, 6.45) is 0. The van der Waals surface area contributed by atoms with E-state index in [9.17, 15) is 18.0 Å². The highest BCUT2D eigenvalue weighted by atomic mass is 35.5. The van der Waals surface area contributed by atoms with Gasteiger partial charge in [0.1, 0.15) is 16.7 Å². The quantitative estimate of drug-likeness (QED) is 0.372. The molecule has 0 spiro atoms. The Hall–Kier alpha value is -2.63. The van der Waals surface area contributed by atoms with Crippen molar-refractivity contribution in [2.75, 3.05) is 24.9 Å². The van der Waals surface area contributed by atoms with Gasteiger partial charge in [-0.15, -0.1) is 11.6 Å². The van der Waals surface area contributed by atoms with Crippen molar-refractivity contribution in [3.8, 4) is 5.88 Å². The first kappa shape index (κ1) is 21.7. The topological polar surface area (TPSA) is 137 Å². The summed E-state index contributed by atoms with van der Waals surface area (Å²) >= 11 is 11.2. The van der Waals surface area contributed by atoms with Crippen LogP contribution in [0.15, 0.2) is 35.2 Å². The van der Waals surface area contributed by atoms with Gasteiger partial charge in [-0.1, -0.05) is 23.7 Å². The molecule has 0 fully saturated rings. The monoisotopic (exact) mass is 448 g/mol. The molecular formula is C15H14Cl2N4O6S. The molecule has 0 atom stereocenters. The second kappa shape index (κ2) is 9.53. The Bertz CT molecular complexity index is 986. The number of nitrogens with zero attached hydrogens (tertiary/aromatic N) is 2. The lowest BCUT2D eigenvalue weighted by molar-refractivity contribution is 0.0524. The number of halogens is 2. The molecule has 0 aliphatic heterocycles. The van der Waals surface area contributed by atoms with Crippen molar-refractivity contribution < 1.29 is 27.5 Å². The number of ether oxygens (including phenoxy) is 2. The van der Waals surface area contributed by atoms with Crippen LogP contribution in [0.4, 0.5) is 10.7 Å². The minimum Gasteiger partial charge on any atom is -0.481 e. The molecule has 2 N–H and O–H groups in total. The van der Waals surface area contributed by atoms with Crippen LogP contribution in [0.25, 0.3) is 0 Å². The van der Waals surface area contributed by atoms with Gasteiger partial charge in [-0.2, -0.15) is 4.98 Å². The van der Waals surface area contributed by atoms with Crippen LogP contribution in [-0.2, 0) is 14.8 Å². The summed E-state index contributed by atoms with van der Waals surface area (Å²) in [7, 11) is -3.10. The van der Waals surface area contributed by atoms with E-state index >= 15 is 0 Å². The average Bonchev–Trinajstić information content (AvgIpc) is 2.65. The van der Waals surface area contributed by atoms with Crippen molar-refractivity contribution in [2.45, 2.75) is 4.90 Å². The number of aromatic nitrogens is 2. The molecule has 150 valence electrons. The molecule has 0 bridgehead atoms. The largest absolute Gasteiger partial charge is 0.481 e. The Kier molecular flexibility index (Phi) is 7.38. The van der Waals surface area contributed by atoms with E-state index in [1.165, 1.54) is 31.4 Å². The van der Waals surface area contributed by atoms with Gasteiger partial charge in [0.15, 0.2) is 0 Å². The summed E-state index contributed by atoms with van der Waals surface area (Å²) in [5.74, 6) is -1.08. The van der Waals surface area contributed by atoms with E-state index in [0.29, 0.717) is 0 Å². The first-order valence-electron chi connectivity index (χ1n) is 7.51. The number of carbonyl (C=O) groups excluding carboxylic acids is 2. The minimum absolute atomic E-state index is 0.0302. The molecule has 2 aromatic rings. The molecule has 13 heteroatoms. The van der Waals surface area contributed by atoms with Gasteiger partial charge in [-0.05, 0) is 12.1 Å². The van der Waals surface area contributed by atoms with Crippen molar-refractivity contribution in [1.29, 1.82) is 0 Å². The number of alkyl halides is 1. The second-order valence-corrected chi connectivity index (χ2v) is 7.35. The van der Waals surface area contributed by atoms with Crippen LogP contribution in [0.2, 0.25) is 5.15 Å². The van der Waals surface area contributed by atoms with Crippen LogP contribution in [-0.4, -0.2) is 50.0 Å². The number of amides is 2. The highest BCUT2D eigenvalue weighted by Gasteiger charge is 2.25. The number of hydrogen-bond donors (Lipinski definition) is 2. The van der Waals surface area contributed by atoms with Crippen LogP contribution in [0.5, 0.6) is 5.88 Å².